The summed E-state index contributed by atoms with van der Waals surface area (Å²) in [6.45, 7) is 6.59. The van der Waals surface area contributed by atoms with Crippen molar-refractivity contribution in [1.29, 1.82) is 5.26 Å². The number of rotatable bonds is 8. The van der Waals surface area contributed by atoms with Crippen molar-refractivity contribution in [3.05, 3.63) is 30.7 Å². The van der Waals surface area contributed by atoms with E-state index < -0.39 is 0 Å². The van der Waals surface area contributed by atoms with Gasteiger partial charge in [-0.15, -0.1) is 16.8 Å². The van der Waals surface area contributed by atoms with E-state index in [-0.39, 0.29) is 11.7 Å². The van der Waals surface area contributed by atoms with Crippen LogP contribution in [0, 0.1) is 18.3 Å². The van der Waals surface area contributed by atoms with Crippen molar-refractivity contribution in [1.82, 2.24) is 19.7 Å². The number of aromatic nitrogens is 3. The first kappa shape index (κ1) is 17.8. The van der Waals surface area contributed by atoms with Gasteiger partial charge in [0.05, 0.1) is 30.1 Å². The topological polar surface area (TPSA) is 88.0 Å². The smallest absolute Gasteiger partial charge is 0.232 e. The molecule has 2 aromatic heterocycles. The van der Waals surface area contributed by atoms with Crippen LogP contribution < -0.4 is 0 Å². The lowest BCUT2D eigenvalue weighted by molar-refractivity contribution is -0.127. The Morgan fingerprint density at radius 1 is 1.58 bits per heavy atom. The van der Waals surface area contributed by atoms with Gasteiger partial charge in [-0.1, -0.05) is 17.8 Å². The summed E-state index contributed by atoms with van der Waals surface area (Å²) in [5, 5.41) is 17.6. The van der Waals surface area contributed by atoms with Gasteiger partial charge in [0, 0.05) is 20.1 Å². The van der Waals surface area contributed by atoms with Gasteiger partial charge in [-0.25, -0.2) is 0 Å². The third-order valence-corrected chi connectivity index (χ3v) is 4.39. The number of allylic oxidation sites excluding steroid dienone is 1. The molecule has 0 N–H and O–H groups in total. The third-order valence-electron chi connectivity index (χ3n) is 3.44. The van der Waals surface area contributed by atoms with Gasteiger partial charge in [0.25, 0.3) is 0 Å². The van der Waals surface area contributed by atoms with Gasteiger partial charge >= 0.3 is 0 Å². The number of thioether (sulfide) groups is 1. The molecule has 7 nitrogen and oxygen atoms in total. The Morgan fingerprint density at radius 3 is 3.00 bits per heavy atom. The van der Waals surface area contributed by atoms with Gasteiger partial charge in [0.1, 0.15) is 5.76 Å². The van der Waals surface area contributed by atoms with Gasteiger partial charge < -0.3 is 9.32 Å². The molecule has 126 valence electrons. The standard InChI is InChI=1S/C16H19N5O2S/c1-4-8-21-15(13-6-10-23-12(13)2)18-19-16(21)24-11-14(22)20(3)9-5-7-17/h4,6,10H,1,5,8-9,11H2,2-3H3. The summed E-state index contributed by atoms with van der Waals surface area (Å²) in [4.78, 5) is 13.6. The molecule has 2 aromatic rings. The highest BCUT2D eigenvalue weighted by Crippen LogP contribution is 2.27. The summed E-state index contributed by atoms with van der Waals surface area (Å²) in [6, 6.07) is 3.87. The minimum atomic E-state index is -0.0514. The minimum Gasteiger partial charge on any atom is -0.469 e. The number of furan rings is 1. The molecule has 0 atom stereocenters. The molecule has 0 fully saturated rings. The van der Waals surface area contributed by atoms with E-state index in [1.807, 2.05) is 23.6 Å². The van der Waals surface area contributed by atoms with Crippen molar-refractivity contribution in [2.75, 3.05) is 19.3 Å². The molecule has 1 amide bonds. The Bertz CT molecular complexity index is 759. The summed E-state index contributed by atoms with van der Waals surface area (Å²) in [5.41, 5.74) is 0.869. The summed E-state index contributed by atoms with van der Waals surface area (Å²) in [7, 11) is 1.69. The zero-order chi connectivity index (χ0) is 17.5. The van der Waals surface area contributed by atoms with E-state index in [2.05, 4.69) is 16.8 Å². The van der Waals surface area contributed by atoms with Crippen molar-refractivity contribution in [3.8, 4) is 17.5 Å². The predicted molar refractivity (Wildman–Crippen MR) is 91.2 cm³/mol. The van der Waals surface area contributed by atoms with Crippen LogP contribution >= 0.6 is 11.8 Å². The Kier molecular flexibility index (Phi) is 6.21. The zero-order valence-electron chi connectivity index (χ0n) is 13.7. The Balaban J connectivity index is 2.12. The Hall–Kier alpha value is -2.53. The molecule has 0 aliphatic heterocycles. The maximum Gasteiger partial charge on any atom is 0.232 e. The van der Waals surface area contributed by atoms with Gasteiger partial charge in [0.15, 0.2) is 11.0 Å². The van der Waals surface area contributed by atoms with Crippen LogP contribution in [0.15, 0.2) is 34.6 Å². The molecule has 0 aliphatic carbocycles. The molecule has 0 bridgehead atoms. The van der Waals surface area contributed by atoms with Crippen LogP contribution in [-0.4, -0.2) is 44.9 Å². The van der Waals surface area contributed by atoms with Crippen molar-refractivity contribution < 1.29 is 9.21 Å². The number of hydrogen-bond acceptors (Lipinski definition) is 6. The molecule has 0 saturated carbocycles. The van der Waals surface area contributed by atoms with Crippen LogP contribution in [0.2, 0.25) is 0 Å². The van der Waals surface area contributed by atoms with Crippen LogP contribution in [-0.2, 0) is 11.3 Å². The fourth-order valence-electron chi connectivity index (χ4n) is 2.08. The van der Waals surface area contributed by atoms with Gasteiger partial charge in [-0.05, 0) is 13.0 Å². The summed E-state index contributed by atoms with van der Waals surface area (Å²) < 4.78 is 7.23. The molecule has 0 unspecified atom stereocenters. The molecule has 0 aromatic carbocycles. The van der Waals surface area contributed by atoms with Crippen LogP contribution in [0.3, 0.4) is 0 Å². The number of carbonyl (C=O) groups is 1. The number of hydrogen-bond donors (Lipinski definition) is 0. The highest BCUT2D eigenvalue weighted by Gasteiger charge is 2.18. The second-order valence-corrected chi connectivity index (χ2v) is 6.05. The maximum absolute atomic E-state index is 12.1. The first-order valence-corrected chi connectivity index (χ1v) is 8.39. The third kappa shape index (κ3) is 4.06. The van der Waals surface area contributed by atoms with Gasteiger partial charge in [-0.2, -0.15) is 5.26 Å². The molecule has 0 saturated heterocycles. The monoisotopic (exact) mass is 345 g/mol. The zero-order valence-corrected chi connectivity index (χ0v) is 14.5. The van der Waals surface area contributed by atoms with E-state index in [1.165, 1.54) is 11.8 Å². The van der Waals surface area contributed by atoms with Crippen LogP contribution in [0.5, 0.6) is 0 Å². The molecular weight excluding hydrogens is 326 g/mol. The fourth-order valence-corrected chi connectivity index (χ4v) is 2.97. The molecule has 2 rings (SSSR count). The van der Waals surface area contributed by atoms with E-state index in [4.69, 9.17) is 9.68 Å². The average molecular weight is 345 g/mol. The highest BCUT2D eigenvalue weighted by atomic mass is 32.2. The SMILES string of the molecule is C=CCn1c(SCC(=O)N(C)CCC#N)nnc1-c1ccoc1C. The first-order chi connectivity index (χ1) is 11.6. The lowest BCUT2D eigenvalue weighted by Crippen LogP contribution is -2.29. The number of carbonyl (C=O) groups excluding carboxylic acids is 1. The summed E-state index contributed by atoms with van der Waals surface area (Å²) in [5.74, 6) is 1.64. The molecule has 2 heterocycles. The van der Waals surface area contributed by atoms with Crippen LogP contribution in [0.25, 0.3) is 11.4 Å². The predicted octanol–water partition coefficient (Wildman–Crippen LogP) is 2.50. The second-order valence-electron chi connectivity index (χ2n) is 5.11. The molecule has 0 aliphatic rings. The normalized spacial score (nSPS) is 10.4. The summed E-state index contributed by atoms with van der Waals surface area (Å²) >= 11 is 1.32. The molecule has 0 spiro atoms. The molecule has 0 radical (unpaired) electrons. The van der Waals surface area contributed by atoms with Gasteiger partial charge in [0.2, 0.25) is 5.91 Å². The molecule has 8 heteroatoms. The second kappa shape index (κ2) is 8.36. The largest absolute Gasteiger partial charge is 0.469 e. The van der Waals surface area contributed by atoms with E-state index in [9.17, 15) is 4.79 Å². The molecular formula is C16H19N5O2S. The van der Waals surface area contributed by atoms with Crippen molar-refractivity contribution in [2.45, 2.75) is 25.0 Å². The van der Waals surface area contributed by atoms with Crippen molar-refractivity contribution in [3.63, 3.8) is 0 Å². The maximum atomic E-state index is 12.1. The Labute approximate surface area is 145 Å². The average Bonchev–Trinajstić information content (AvgIpc) is 3.16. The number of aryl methyl sites for hydroxylation is 1. The lowest BCUT2D eigenvalue weighted by atomic mass is 10.2. The van der Waals surface area contributed by atoms with Crippen LogP contribution in [0.4, 0.5) is 0 Å². The number of amides is 1. The van der Waals surface area contributed by atoms with Crippen molar-refractivity contribution in [2.24, 2.45) is 0 Å². The van der Waals surface area contributed by atoms with E-state index in [0.717, 1.165) is 11.3 Å². The van der Waals surface area contributed by atoms with Gasteiger partial charge in [-0.3, -0.25) is 9.36 Å². The van der Waals surface area contributed by atoms with E-state index in [0.29, 0.717) is 30.5 Å². The van der Waals surface area contributed by atoms with E-state index >= 15 is 0 Å². The highest BCUT2D eigenvalue weighted by molar-refractivity contribution is 7.99. The number of nitrogens with zero attached hydrogens (tertiary/aromatic N) is 5. The van der Waals surface area contributed by atoms with Crippen molar-refractivity contribution >= 4 is 17.7 Å². The number of nitriles is 1. The Morgan fingerprint density at radius 2 is 2.38 bits per heavy atom. The quantitative estimate of drug-likeness (QED) is 0.539. The lowest BCUT2D eigenvalue weighted by Gasteiger charge is -2.15. The molecule has 24 heavy (non-hydrogen) atoms. The fraction of sp³-hybridized carbons (Fsp3) is 0.375. The van der Waals surface area contributed by atoms with E-state index in [1.54, 1.807) is 24.3 Å². The van der Waals surface area contributed by atoms with Crippen LogP contribution in [0.1, 0.15) is 12.2 Å². The minimum absolute atomic E-state index is 0.0514. The summed E-state index contributed by atoms with van der Waals surface area (Å²) in [6.07, 6.45) is 3.69. The first-order valence-electron chi connectivity index (χ1n) is 7.40.